The molecule has 1 amide bonds. The van der Waals surface area contributed by atoms with Crippen molar-refractivity contribution in [3.63, 3.8) is 0 Å². The van der Waals surface area contributed by atoms with Crippen molar-refractivity contribution in [2.45, 2.75) is 26.3 Å². The van der Waals surface area contributed by atoms with Crippen molar-refractivity contribution in [2.24, 2.45) is 5.92 Å². The predicted molar refractivity (Wildman–Crippen MR) is 131 cm³/mol. The van der Waals surface area contributed by atoms with Crippen molar-refractivity contribution < 1.29 is 9.90 Å². The van der Waals surface area contributed by atoms with Gasteiger partial charge in [-0.25, -0.2) is 0 Å². The molecule has 1 aliphatic rings. The molecule has 0 spiro atoms. The SMILES string of the molecule is Cc1ccccc1-n1cc(I)c2c(NCc3cncc(O)c3)nc(NC(=O)C3CC3)nc21. The molecule has 9 heteroatoms. The molecule has 0 saturated heterocycles. The number of carbonyl (C=O) groups excluding carboxylic acids is 1. The third-order valence-electron chi connectivity index (χ3n) is 5.40. The van der Waals surface area contributed by atoms with Crippen LogP contribution in [0.5, 0.6) is 5.75 Å². The smallest absolute Gasteiger partial charge is 0.233 e. The zero-order chi connectivity index (χ0) is 22.2. The van der Waals surface area contributed by atoms with Gasteiger partial charge in [0.05, 0.1) is 11.6 Å². The van der Waals surface area contributed by atoms with Crippen molar-refractivity contribution in [1.29, 1.82) is 0 Å². The van der Waals surface area contributed by atoms with Crippen LogP contribution in [0.2, 0.25) is 0 Å². The first-order valence-electron chi connectivity index (χ1n) is 10.3. The van der Waals surface area contributed by atoms with Crippen LogP contribution in [0, 0.1) is 16.4 Å². The van der Waals surface area contributed by atoms with E-state index in [0.29, 0.717) is 18.0 Å². The number of aromatic nitrogens is 4. The molecule has 3 aromatic heterocycles. The van der Waals surface area contributed by atoms with E-state index in [0.717, 1.165) is 38.6 Å². The number of fused-ring (bicyclic) bond motifs is 1. The molecule has 1 fully saturated rings. The summed E-state index contributed by atoms with van der Waals surface area (Å²) in [6.07, 6.45) is 6.91. The number of anilines is 2. The van der Waals surface area contributed by atoms with Crippen molar-refractivity contribution in [3.05, 3.63) is 63.6 Å². The number of hydrogen-bond acceptors (Lipinski definition) is 6. The van der Waals surface area contributed by atoms with E-state index >= 15 is 0 Å². The minimum Gasteiger partial charge on any atom is -0.506 e. The number of rotatable bonds is 6. The number of carbonyl (C=O) groups is 1. The molecular weight excluding hydrogens is 519 g/mol. The highest BCUT2D eigenvalue weighted by Crippen LogP contribution is 2.33. The number of halogens is 1. The lowest BCUT2D eigenvalue weighted by molar-refractivity contribution is -0.117. The topological polar surface area (TPSA) is 105 Å². The Balaban J connectivity index is 1.60. The first-order chi connectivity index (χ1) is 15.5. The summed E-state index contributed by atoms with van der Waals surface area (Å²) in [6.45, 7) is 2.47. The molecule has 32 heavy (non-hydrogen) atoms. The van der Waals surface area contributed by atoms with Crippen molar-refractivity contribution in [1.82, 2.24) is 19.5 Å². The van der Waals surface area contributed by atoms with Crippen LogP contribution in [0.4, 0.5) is 11.8 Å². The van der Waals surface area contributed by atoms with Gasteiger partial charge in [-0.1, -0.05) is 18.2 Å². The number of nitrogens with one attached hydrogen (secondary N) is 2. The van der Waals surface area contributed by atoms with Crippen LogP contribution < -0.4 is 10.6 Å². The lowest BCUT2D eigenvalue weighted by Crippen LogP contribution is -2.17. The highest BCUT2D eigenvalue weighted by Gasteiger charge is 2.30. The van der Waals surface area contributed by atoms with Gasteiger partial charge < -0.3 is 10.4 Å². The van der Waals surface area contributed by atoms with Gasteiger partial charge in [0.2, 0.25) is 11.9 Å². The second kappa shape index (κ2) is 8.38. The minimum atomic E-state index is -0.0452. The van der Waals surface area contributed by atoms with Crippen LogP contribution in [-0.2, 0) is 11.3 Å². The average Bonchev–Trinajstić information content (AvgIpc) is 3.57. The first-order valence-corrected chi connectivity index (χ1v) is 11.4. The maximum Gasteiger partial charge on any atom is 0.233 e. The maximum atomic E-state index is 12.4. The van der Waals surface area contributed by atoms with Gasteiger partial charge in [0, 0.05) is 34.1 Å². The molecule has 162 valence electrons. The van der Waals surface area contributed by atoms with Crippen molar-refractivity contribution in [3.8, 4) is 11.4 Å². The predicted octanol–water partition coefficient (Wildman–Crippen LogP) is 4.39. The van der Waals surface area contributed by atoms with E-state index in [1.807, 2.05) is 29.0 Å². The lowest BCUT2D eigenvalue weighted by Gasteiger charge is -2.12. The van der Waals surface area contributed by atoms with Crippen LogP contribution in [-0.4, -0.2) is 30.5 Å². The Morgan fingerprint density at radius 1 is 1.25 bits per heavy atom. The fourth-order valence-electron chi connectivity index (χ4n) is 3.60. The highest BCUT2D eigenvalue weighted by molar-refractivity contribution is 14.1. The molecule has 0 aliphatic heterocycles. The summed E-state index contributed by atoms with van der Waals surface area (Å²) in [6, 6.07) is 9.74. The van der Waals surface area contributed by atoms with E-state index in [4.69, 9.17) is 4.98 Å². The summed E-state index contributed by atoms with van der Waals surface area (Å²) in [4.78, 5) is 25.8. The van der Waals surface area contributed by atoms with E-state index < -0.39 is 0 Å². The van der Waals surface area contributed by atoms with E-state index in [1.165, 1.54) is 6.20 Å². The first kappa shape index (κ1) is 20.7. The standard InChI is InChI=1S/C23H21IN6O2/c1-13-4-2-3-5-18(13)30-12-17(24)19-20(26-10-14-8-16(31)11-25-9-14)27-23(28-21(19)30)29-22(32)15-6-7-15/h2-5,8-9,11-12,15,31H,6-7,10H2,1H3,(H2,26,27,28,29,32). The Bertz CT molecular complexity index is 1330. The van der Waals surface area contributed by atoms with Gasteiger partial charge in [0.1, 0.15) is 11.6 Å². The molecule has 0 bridgehead atoms. The van der Waals surface area contributed by atoms with Crippen molar-refractivity contribution in [2.75, 3.05) is 10.6 Å². The highest BCUT2D eigenvalue weighted by atomic mass is 127. The number of hydrogen-bond donors (Lipinski definition) is 3. The Morgan fingerprint density at radius 2 is 2.06 bits per heavy atom. The quantitative estimate of drug-likeness (QED) is 0.314. The van der Waals surface area contributed by atoms with E-state index in [1.54, 1.807) is 12.3 Å². The van der Waals surface area contributed by atoms with Gasteiger partial charge in [-0.15, -0.1) is 0 Å². The number of para-hydroxylation sites is 1. The van der Waals surface area contributed by atoms with E-state index in [9.17, 15) is 9.90 Å². The Kier molecular flexibility index (Phi) is 5.41. The summed E-state index contributed by atoms with van der Waals surface area (Å²) in [5.41, 5.74) is 3.65. The van der Waals surface area contributed by atoms with Gasteiger partial charge in [-0.05, 0) is 65.6 Å². The molecule has 0 unspecified atom stereocenters. The molecule has 3 N–H and O–H groups in total. The molecule has 1 aliphatic carbocycles. The van der Waals surface area contributed by atoms with Gasteiger partial charge in [0.15, 0.2) is 5.65 Å². The molecule has 0 atom stereocenters. The molecule has 1 aromatic carbocycles. The monoisotopic (exact) mass is 540 g/mol. The summed E-state index contributed by atoms with van der Waals surface area (Å²) in [7, 11) is 0. The van der Waals surface area contributed by atoms with Crippen LogP contribution in [0.3, 0.4) is 0 Å². The average molecular weight is 540 g/mol. The summed E-state index contributed by atoms with van der Waals surface area (Å²) < 4.78 is 3.01. The minimum absolute atomic E-state index is 0.0452. The number of aromatic hydroxyl groups is 1. The summed E-state index contributed by atoms with van der Waals surface area (Å²) in [5, 5.41) is 16.8. The maximum absolute atomic E-state index is 12.4. The molecule has 0 radical (unpaired) electrons. The fraction of sp³-hybridized carbons (Fsp3) is 0.217. The van der Waals surface area contributed by atoms with Crippen LogP contribution in [0.1, 0.15) is 24.0 Å². The zero-order valence-electron chi connectivity index (χ0n) is 17.3. The molecule has 3 heterocycles. The summed E-state index contributed by atoms with van der Waals surface area (Å²) in [5.74, 6) is 0.995. The van der Waals surface area contributed by atoms with Crippen LogP contribution in [0.25, 0.3) is 16.7 Å². The second-order valence-electron chi connectivity index (χ2n) is 7.90. The van der Waals surface area contributed by atoms with Crippen molar-refractivity contribution >= 4 is 51.3 Å². The van der Waals surface area contributed by atoms with Gasteiger partial charge in [0.25, 0.3) is 0 Å². The largest absolute Gasteiger partial charge is 0.506 e. The number of amides is 1. The Morgan fingerprint density at radius 3 is 2.81 bits per heavy atom. The third-order valence-corrected chi connectivity index (χ3v) is 6.22. The normalized spacial score (nSPS) is 13.3. The number of aryl methyl sites for hydroxylation is 1. The number of pyridine rings is 1. The molecule has 1 saturated carbocycles. The third kappa shape index (κ3) is 4.12. The van der Waals surface area contributed by atoms with Gasteiger partial charge in [-0.2, -0.15) is 9.97 Å². The van der Waals surface area contributed by atoms with Gasteiger partial charge >= 0.3 is 0 Å². The molecular formula is C23H21IN6O2. The van der Waals surface area contributed by atoms with Crippen LogP contribution >= 0.6 is 22.6 Å². The summed E-state index contributed by atoms with van der Waals surface area (Å²) >= 11 is 2.28. The molecule has 8 nitrogen and oxygen atoms in total. The molecule has 5 rings (SSSR count). The van der Waals surface area contributed by atoms with E-state index in [2.05, 4.69) is 56.2 Å². The van der Waals surface area contributed by atoms with Crippen LogP contribution in [0.15, 0.2) is 48.9 Å². The Labute approximate surface area is 198 Å². The number of benzene rings is 1. The fourth-order valence-corrected chi connectivity index (χ4v) is 4.37. The second-order valence-corrected chi connectivity index (χ2v) is 9.06. The van der Waals surface area contributed by atoms with E-state index in [-0.39, 0.29) is 23.5 Å². The Hall–Kier alpha value is -3.21. The lowest BCUT2D eigenvalue weighted by atomic mass is 10.2. The van der Waals surface area contributed by atoms with Gasteiger partial charge in [-0.3, -0.25) is 19.7 Å². The zero-order valence-corrected chi connectivity index (χ0v) is 19.5. The number of nitrogens with zero attached hydrogens (tertiary/aromatic N) is 4. The molecule has 4 aromatic rings.